The van der Waals surface area contributed by atoms with E-state index in [9.17, 15) is 0 Å². The average Bonchev–Trinajstić information content (AvgIpc) is 2.61. The lowest BCUT2D eigenvalue weighted by atomic mass is 10.0. The zero-order valence-electron chi connectivity index (χ0n) is 10.2. The summed E-state index contributed by atoms with van der Waals surface area (Å²) in [5.41, 5.74) is 0. The highest BCUT2D eigenvalue weighted by atomic mass is 15.0. The molecule has 0 aliphatic rings. The first-order valence-electron chi connectivity index (χ1n) is 5.91. The van der Waals surface area contributed by atoms with Gasteiger partial charge in [-0.1, -0.05) is 13.8 Å². The van der Waals surface area contributed by atoms with E-state index in [4.69, 9.17) is 0 Å². The molecule has 0 fully saturated rings. The fraction of sp³-hybridized carbons (Fsp3) is 0.750. The Morgan fingerprint density at radius 1 is 1.53 bits per heavy atom. The third kappa shape index (κ3) is 4.47. The maximum Gasteiger partial charge on any atom is 0.108 e. The van der Waals surface area contributed by atoms with Crippen LogP contribution in [0.3, 0.4) is 0 Å². The van der Waals surface area contributed by atoms with Crippen molar-refractivity contribution in [1.82, 2.24) is 14.9 Å². The molecule has 15 heavy (non-hydrogen) atoms. The second-order valence-electron chi connectivity index (χ2n) is 4.26. The number of nitrogens with zero attached hydrogens (tertiary/aromatic N) is 2. The molecule has 1 rings (SSSR count). The van der Waals surface area contributed by atoms with Crippen molar-refractivity contribution in [3.05, 3.63) is 18.2 Å². The molecule has 1 heterocycles. The lowest BCUT2D eigenvalue weighted by molar-refractivity contribution is 0.469. The lowest BCUT2D eigenvalue weighted by Crippen LogP contribution is -2.20. The summed E-state index contributed by atoms with van der Waals surface area (Å²) in [5, 5.41) is 3.38. The Balaban J connectivity index is 2.13. The van der Waals surface area contributed by atoms with E-state index in [1.54, 1.807) is 0 Å². The number of rotatable bonds is 7. The smallest absolute Gasteiger partial charge is 0.108 e. The van der Waals surface area contributed by atoms with Crippen LogP contribution in [-0.4, -0.2) is 22.6 Å². The van der Waals surface area contributed by atoms with Crippen LogP contribution in [0.25, 0.3) is 0 Å². The first-order chi connectivity index (χ1) is 7.24. The minimum atomic E-state index is 0.769. The van der Waals surface area contributed by atoms with Crippen LogP contribution in [0.2, 0.25) is 0 Å². The number of aromatic nitrogens is 2. The van der Waals surface area contributed by atoms with E-state index in [1.807, 2.05) is 12.4 Å². The molecule has 86 valence electrons. The Morgan fingerprint density at radius 2 is 2.33 bits per heavy atom. The predicted octanol–water partition coefficient (Wildman–Crippen LogP) is 1.99. The molecule has 0 aromatic carbocycles. The van der Waals surface area contributed by atoms with Crippen molar-refractivity contribution in [2.45, 2.75) is 33.1 Å². The van der Waals surface area contributed by atoms with E-state index >= 15 is 0 Å². The molecule has 0 radical (unpaired) electrons. The Bertz CT molecular complexity index is 268. The molecular weight excluding hydrogens is 186 g/mol. The molecule has 1 unspecified atom stereocenters. The zero-order valence-corrected chi connectivity index (χ0v) is 10.2. The number of hydrogen-bond acceptors (Lipinski definition) is 2. The highest BCUT2D eigenvalue weighted by Gasteiger charge is 2.03. The van der Waals surface area contributed by atoms with Crippen molar-refractivity contribution in [3.63, 3.8) is 0 Å². The summed E-state index contributed by atoms with van der Waals surface area (Å²) in [7, 11) is 2.06. The third-order valence-electron chi connectivity index (χ3n) is 2.76. The van der Waals surface area contributed by atoms with Gasteiger partial charge in [0.05, 0.1) is 0 Å². The monoisotopic (exact) mass is 209 g/mol. The fourth-order valence-electron chi connectivity index (χ4n) is 1.74. The first-order valence-corrected chi connectivity index (χ1v) is 5.91. The van der Waals surface area contributed by atoms with Gasteiger partial charge in [0.1, 0.15) is 5.82 Å². The van der Waals surface area contributed by atoms with Gasteiger partial charge in [0, 0.05) is 25.9 Å². The highest BCUT2D eigenvalue weighted by Crippen LogP contribution is 2.08. The van der Waals surface area contributed by atoms with E-state index in [0.29, 0.717) is 0 Å². The van der Waals surface area contributed by atoms with Gasteiger partial charge in [-0.2, -0.15) is 0 Å². The average molecular weight is 209 g/mol. The van der Waals surface area contributed by atoms with Gasteiger partial charge >= 0.3 is 0 Å². The molecule has 0 aliphatic heterocycles. The minimum Gasteiger partial charge on any atom is -0.338 e. The van der Waals surface area contributed by atoms with Crippen molar-refractivity contribution in [3.8, 4) is 0 Å². The predicted molar refractivity (Wildman–Crippen MR) is 63.9 cm³/mol. The van der Waals surface area contributed by atoms with E-state index < -0.39 is 0 Å². The highest BCUT2D eigenvalue weighted by molar-refractivity contribution is 4.90. The summed E-state index contributed by atoms with van der Waals surface area (Å²) in [6.07, 6.45) is 7.49. The van der Waals surface area contributed by atoms with Crippen molar-refractivity contribution in [2.24, 2.45) is 13.0 Å². The molecule has 0 amide bonds. The summed E-state index contributed by atoms with van der Waals surface area (Å²) in [6, 6.07) is 0. The van der Waals surface area contributed by atoms with Crippen molar-refractivity contribution < 1.29 is 0 Å². The van der Waals surface area contributed by atoms with Crippen molar-refractivity contribution in [1.29, 1.82) is 0 Å². The molecule has 0 saturated carbocycles. The van der Waals surface area contributed by atoms with E-state index in [0.717, 1.165) is 25.4 Å². The van der Waals surface area contributed by atoms with Crippen LogP contribution in [0.1, 0.15) is 32.5 Å². The minimum absolute atomic E-state index is 0.769. The summed E-state index contributed by atoms with van der Waals surface area (Å²) in [6.45, 7) is 6.67. The van der Waals surface area contributed by atoms with Crippen molar-refractivity contribution in [2.75, 3.05) is 13.1 Å². The van der Waals surface area contributed by atoms with E-state index in [-0.39, 0.29) is 0 Å². The first kappa shape index (κ1) is 12.2. The van der Waals surface area contributed by atoms with Gasteiger partial charge in [0.25, 0.3) is 0 Å². The molecule has 1 aromatic heterocycles. The molecule has 1 aromatic rings. The Hall–Kier alpha value is -0.830. The quantitative estimate of drug-likeness (QED) is 0.744. The van der Waals surface area contributed by atoms with Gasteiger partial charge in [-0.3, -0.25) is 0 Å². The molecule has 0 aliphatic carbocycles. The van der Waals surface area contributed by atoms with Gasteiger partial charge < -0.3 is 9.88 Å². The normalized spacial score (nSPS) is 13.0. The maximum absolute atomic E-state index is 4.32. The lowest BCUT2D eigenvalue weighted by Gasteiger charge is -2.11. The van der Waals surface area contributed by atoms with Gasteiger partial charge in [-0.25, -0.2) is 4.98 Å². The molecule has 0 spiro atoms. The SMILES string of the molecule is CCNCC(C)CCCc1nccn1C. The second kappa shape index (κ2) is 6.62. The third-order valence-corrected chi connectivity index (χ3v) is 2.76. The van der Waals surface area contributed by atoms with Crippen LogP contribution in [0.5, 0.6) is 0 Å². The second-order valence-corrected chi connectivity index (χ2v) is 4.26. The number of nitrogens with one attached hydrogen (secondary N) is 1. The number of hydrogen-bond donors (Lipinski definition) is 1. The zero-order chi connectivity index (χ0) is 11.1. The Kier molecular flexibility index (Phi) is 5.40. The van der Waals surface area contributed by atoms with Gasteiger partial charge in [0.15, 0.2) is 0 Å². The van der Waals surface area contributed by atoms with Crippen LogP contribution >= 0.6 is 0 Å². The Morgan fingerprint density at radius 3 is 2.93 bits per heavy atom. The fourth-order valence-corrected chi connectivity index (χ4v) is 1.74. The van der Waals surface area contributed by atoms with Gasteiger partial charge in [-0.15, -0.1) is 0 Å². The standard InChI is InChI=1S/C12H23N3/c1-4-13-10-11(2)6-5-7-12-14-8-9-15(12)3/h8-9,11,13H,4-7,10H2,1-3H3. The number of aryl methyl sites for hydroxylation is 2. The van der Waals surface area contributed by atoms with E-state index in [1.165, 1.54) is 18.7 Å². The topological polar surface area (TPSA) is 29.9 Å². The summed E-state index contributed by atoms with van der Waals surface area (Å²) >= 11 is 0. The number of imidazole rings is 1. The molecule has 0 bridgehead atoms. The van der Waals surface area contributed by atoms with Gasteiger partial charge in [0.2, 0.25) is 0 Å². The van der Waals surface area contributed by atoms with Crippen molar-refractivity contribution >= 4 is 0 Å². The molecule has 1 N–H and O–H groups in total. The van der Waals surface area contributed by atoms with Crippen LogP contribution in [0.15, 0.2) is 12.4 Å². The van der Waals surface area contributed by atoms with Crippen LogP contribution in [0, 0.1) is 5.92 Å². The largest absolute Gasteiger partial charge is 0.338 e. The van der Waals surface area contributed by atoms with E-state index in [2.05, 4.69) is 35.8 Å². The molecule has 3 nitrogen and oxygen atoms in total. The molecule has 0 saturated heterocycles. The summed E-state index contributed by atoms with van der Waals surface area (Å²) in [5.74, 6) is 1.97. The molecule has 3 heteroatoms. The Labute approximate surface area is 92.9 Å². The van der Waals surface area contributed by atoms with Gasteiger partial charge in [-0.05, 0) is 31.8 Å². The maximum atomic E-state index is 4.32. The van der Waals surface area contributed by atoms with Crippen LogP contribution in [0.4, 0.5) is 0 Å². The summed E-state index contributed by atoms with van der Waals surface area (Å²) < 4.78 is 2.11. The molecule has 1 atom stereocenters. The molecular formula is C12H23N3. The summed E-state index contributed by atoms with van der Waals surface area (Å²) in [4.78, 5) is 4.32. The van der Waals surface area contributed by atoms with Crippen LogP contribution < -0.4 is 5.32 Å². The van der Waals surface area contributed by atoms with Crippen LogP contribution in [-0.2, 0) is 13.5 Å².